The van der Waals surface area contributed by atoms with Crippen LogP contribution in [0.4, 0.5) is 5.69 Å². The maximum absolute atomic E-state index is 12.3. The van der Waals surface area contributed by atoms with E-state index in [0.717, 1.165) is 27.3 Å². The Morgan fingerprint density at radius 3 is 2.52 bits per heavy atom. The van der Waals surface area contributed by atoms with Crippen LogP contribution in [0, 0.1) is 20.8 Å². The van der Waals surface area contributed by atoms with Gasteiger partial charge in [-0.2, -0.15) is 5.10 Å². The monoisotopic (exact) mass is 337 g/mol. The Bertz CT molecular complexity index is 987. The lowest BCUT2D eigenvalue weighted by atomic mass is 10.2. The SMILES string of the molecule is Cc1cc(C)n(-c2ccc(=O)n(CC(=O)Nc3ccccc3C)n2)n1. The van der Waals surface area contributed by atoms with Crippen molar-refractivity contribution in [2.75, 3.05) is 5.32 Å². The molecular weight excluding hydrogens is 318 g/mol. The number of para-hydroxylation sites is 1. The van der Waals surface area contributed by atoms with Crippen LogP contribution in [-0.4, -0.2) is 25.5 Å². The Morgan fingerprint density at radius 1 is 1.08 bits per heavy atom. The molecule has 1 aromatic carbocycles. The maximum atomic E-state index is 12.3. The predicted octanol–water partition coefficient (Wildman–Crippen LogP) is 1.99. The molecule has 0 atom stereocenters. The quantitative estimate of drug-likeness (QED) is 0.789. The smallest absolute Gasteiger partial charge is 0.267 e. The summed E-state index contributed by atoms with van der Waals surface area (Å²) in [4.78, 5) is 24.3. The second-order valence-corrected chi connectivity index (χ2v) is 5.89. The number of rotatable bonds is 4. The zero-order valence-corrected chi connectivity index (χ0v) is 14.4. The molecule has 128 valence electrons. The lowest BCUT2D eigenvalue weighted by Crippen LogP contribution is -2.30. The number of nitrogens with one attached hydrogen (secondary N) is 1. The molecule has 0 radical (unpaired) electrons. The van der Waals surface area contributed by atoms with Crippen LogP contribution < -0.4 is 10.9 Å². The Kier molecular flexibility index (Phi) is 4.47. The summed E-state index contributed by atoms with van der Waals surface area (Å²) in [5, 5.41) is 11.4. The third kappa shape index (κ3) is 3.65. The van der Waals surface area contributed by atoms with Gasteiger partial charge in [0.2, 0.25) is 5.91 Å². The van der Waals surface area contributed by atoms with Gasteiger partial charge in [0, 0.05) is 17.4 Å². The van der Waals surface area contributed by atoms with Crippen molar-refractivity contribution in [1.29, 1.82) is 0 Å². The van der Waals surface area contributed by atoms with Crippen LogP contribution in [0.3, 0.4) is 0 Å². The average Bonchev–Trinajstić information content (AvgIpc) is 2.90. The molecule has 0 unspecified atom stereocenters. The first-order chi connectivity index (χ1) is 11.9. The molecule has 0 aliphatic carbocycles. The van der Waals surface area contributed by atoms with Crippen LogP contribution >= 0.6 is 0 Å². The largest absolute Gasteiger partial charge is 0.324 e. The van der Waals surface area contributed by atoms with Gasteiger partial charge in [0.15, 0.2) is 5.82 Å². The summed E-state index contributed by atoms with van der Waals surface area (Å²) in [5.41, 5.74) is 3.09. The van der Waals surface area contributed by atoms with Gasteiger partial charge in [0.25, 0.3) is 5.56 Å². The van der Waals surface area contributed by atoms with Crippen LogP contribution in [0.15, 0.2) is 47.3 Å². The Hall–Kier alpha value is -3.22. The number of hydrogen-bond donors (Lipinski definition) is 1. The molecule has 0 spiro atoms. The van der Waals surface area contributed by atoms with Gasteiger partial charge in [0.05, 0.1) is 5.69 Å². The van der Waals surface area contributed by atoms with Gasteiger partial charge in [-0.05, 0) is 44.5 Å². The molecule has 1 N–H and O–H groups in total. The van der Waals surface area contributed by atoms with E-state index in [9.17, 15) is 9.59 Å². The topological polar surface area (TPSA) is 81.8 Å². The first-order valence-electron chi connectivity index (χ1n) is 7.91. The summed E-state index contributed by atoms with van der Waals surface area (Å²) in [6.45, 7) is 5.53. The Labute approximate surface area is 144 Å². The van der Waals surface area contributed by atoms with Crippen LogP contribution in [-0.2, 0) is 11.3 Å². The number of carbonyl (C=O) groups is 1. The molecule has 0 fully saturated rings. The fraction of sp³-hybridized carbons (Fsp3) is 0.222. The summed E-state index contributed by atoms with van der Waals surface area (Å²) in [6.07, 6.45) is 0. The fourth-order valence-corrected chi connectivity index (χ4v) is 2.56. The van der Waals surface area contributed by atoms with Gasteiger partial charge < -0.3 is 5.32 Å². The fourth-order valence-electron chi connectivity index (χ4n) is 2.56. The second-order valence-electron chi connectivity index (χ2n) is 5.89. The first-order valence-corrected chi connectivity index (χ1v) is 7.91. The van der Waals surface area contributed by atoms with E-state index < -0.39 is 0 Å². The van der Waals surface area contributed by atoms with Crippen molar-refractivity contribution in [2.45, 2.75) is 27.3 Å². The summed E-state index contributed by atoms with van der Waals surface area (Å²) in [5.74, 6) is 0.184. The van der Waals surface area contributed by atoms with Crippen molar-refractivity contribution in [1.82, 2.24) is 19.6 Å². The highest BCUT2D eigenvalue weighted by molar-refractivity contribution is 5.91. The average molecular weight is 337 g/mol. The van der Waals surface area contributed by atoms with Gasteiger partial charge in [-0.25, -0.2) is 9.36 Å². The number of anilines is 1. The van der Waals surface area contributed by atoms with E-state index in [1.807, 2.05) is 51.1 Å². The molecule has 7 nitrogen and oxygen atoms in total. The van der Waals surface area contributed by atoms with Crippen LogP contribution in [0.25, 0.3) is 5.82 Å². The van der Waals surface area contributed by atoms with E-state index in [0.29, 0.717) is 5.82 Å². The van der Waals surface area contributed by atoms with E-state index in [4.69, 9.17) is 0 Å². The normalized spacial score (nSPS) is 10.7. The number of nitrogens with zero attached hydrogens (tertiary/aromatic N) is 4. The summed E-state index contributed by atoms with van der Waals surface area (Å²) in [6, 6.07) is 12.4. The summed E-state index contributed by atoms with van der Waals surface area (Å²) >= 11 is 0. The zero-order chi connectivity index (χ0) is 18.0. The van der Waals surface area contributed by atoms with Crippen molar-refractivity contribution in [2.24, 2.45) is 0 Å². The highest BCUT2D eigenvalue weighted by atomic mass is 16.2. The number of amides is 1. The maximum Gasteiger partial charge on any atom is 0.267 e. The molecule has 3 aromatic rings. The minimum Gasteiger partial charge on any atom is -0.324 e. The van der Waals surface area contributed by atoms with Crippen molar-refractivity contribution in [3.8, 4) is 5.82 Å². The molecule has 3 rings (SSSR count). The molecule has 1 amide bonds. The molecule has 2 heterocycles. The van der Waals surface area contributed by atoms with Gasteiger partial charge in [0.1, 0.15) is 6.54 Å². The summed E-state index contributed by atoms with van der Waals surface area (Å²) in [7, 11) is 0. The molecule has 0 aliphatic rings. The number of carbonyl (C=O) groups excluding carboxylic acids is 1. The second kappa shape index (κ2) is 6.72. The summed E-state index contributed by atoms with van der Waals surface area (Å²) < 4.78 is 2.78. The Morgan fingerprint density at radius 2 is 1.84 bits per heavy atom. The Balaban J connectivity index is 1.84. The third-order valence-corrected chi connectivity index (χ3v) is 3.79. The van der Waals surface area contributed by atoms with E-state index >= 15 is 0 Å². The van der Waals surface area contributed by atoms with Gasteiger partial charge in [-0.3, -0.25) is 9.59 Å². The van der Waals surface area contributed by atoms with Gasteiger partial charge >= 0.3 is 0 Å². The standard InChI is InChI=1S/C18H19N5O2/c1-12-6-4-5-7-15(12)19-17(24)11-22-18(25)9-8-16(21-22)23-14(3)10-13(2)20-23/h4-10H,11H2,1-3H3,(H,19,24). The van der Waals surface area contributed by atoms with E-state index in [1.54, 1.807) is 10.7 Å². The number of benzene rings is 1. The molecule has 0 saturated heterocycles. The van der Waals surface area contributed by atoms with Crippen molar-refractivity contribution < 1.29 is 4.79 Å². The molecule has 7 heteroatoms. The van der Waals surface area contributed by atoms with E-state index in [2.05, 4.69) is 15.5 Å². The van der Waals surface area contributed by atoms with E-state index in [1.165, 1.54) is 6.07 Å². The molecule has 25 heavy (non-hydrogen) atoms. The van der Waals surface area contributed by atoms with Crippen LogP contribution in [0.5, 0.6) is 0 Å². The third-order valence-electron chi connectivity index (χ3n) is 3.79. The van der Waals surface area contributed by atoms with Gasteiger partial charge in [-0.15, -0.1) is 5.10 Å². The van der Waals surface area contributed by atoms with Crippen LogP contribution in [0.1, 0.15) is 17.0 Å². The highest BCUT2D eigenvalue weighted by Crippen LogP contribution is 2.13. The molecule has 2 aromatic heterocycles. The minimum absolute atomic E-state index is 0.166. The van der Waals surface area contributed by atoms with Crippen LogP contribution in [0.2, 0.25) is 0 Å². The molecule has 0 aliphatic heterocycles. The highest BCUT2D eigenvalue weighted by Gasteiger charge is 2.11. The van der Waals surface area contributed by atoms with Crippen molar-refractivity contribution in [3.63, 3.8) is 0 Å². The zero-order valence-electron chi connectivity index (χ0n) is 14.4. The van der Waals surface area contributed by atoms with E-state index in [-0.39, 0.29) is 18.0 Å². The lowest BCUT2D eigenvalue weighted by Gasteiger charge is -2.10. The number of hydrogen-bond acceptors (Lipinski definition) is 4. The minimum atomic E-state index is -0.342. The predicted molar refractivity (Wildman–Crippen MR) is 94.9 cm³/mol. The van der Waals surface area contributed by atoms with Gasteiger partial charge in [-0.1, -0.05) is 18.2 Å². The van der Waals surface area contributed by atoms with Crippen molar-refractivity contribution >= 4 is 11.6 Å². The molecular formula is C18H19N5O2. The number of aryl methyl sites for hydroxylation is 3. The first kappa shape index (κ1) is 16.6. The number of aromatic nitrogens is 4. The molecule has 0 saturated carbocycles. The van der Waals surface area contributed by atoms with Crippen molar-refractivity contribution in [3.05, 3.63) is 69.8 Å². The lowest BCUT2D eigenvalue weighted by molar-refractivity contribution is -0.117. The molecule has 0 bridgehead atoms.